The molecule has 2 aliphatic rings. The van der Waals surface area contributed by atoms with Crippen LogP contribution >= 0.6 is 0 Å². The maximum Gasteiger partial charge on any atom is 0.239 e. The summed E-state index contributed by atoms with van der Waals surface area (Å²) in [5, 5.41) is 3.45. The largest absolute Gasteiger partial charge is 0.384 e. The third-order valence-corrected chi connectivity index (χ3v) is 4.18. The van der Waals surface area contributed by atoms with E-state index in [0.29, 0.717) is 23.8 Å². The summed E-state index contributed by atoms with van der Waals surface area (Å²) in [7, 11) is 1.73. The average Bonchev–Trinajstić information content (AvgIpc) is 2.76. The summed E-state index contributed by atoms with van der Waals surface area (Å²) in [5.41, 5.74) is 0. The minimum Gasteiger partial charge on any atom is -0.384 e. The Morgan fingerprint density at radius 1 is 1.39 bits per heavy atom. The van der Waals surface area contributed by atoms with Gasteiger partial charge in [0.2, 0.25) is 5.91 Å². The Hall–Kier alpha value is -0.610. The number of hydrogen-bond acceptors (Lipinski definition) is 3. The minimum atomic E-state index is 0.0324. The number of carbonyl (C=O) groups is 1. The van der Waals surface area contributed by atoms with E-state index in [2.05, 4.69) is 19.2 Å². The van der Waals surface area contributed by atoms with E-state index in [4.69, 9.17) is 4.74 Å². The van der Waals surface area contributed by atoms with Crippen LogP contribution in [0.3, 0.4) is 0 Å². The van der Waals surface area contributed by atoms with Crippen LogP contribution in [0, 0.1) is 11.8 Å². The molecule has 4 unspecified atom stereocenters. The zero-order valence-corrected chi connectivity index (χ0v) is 11.8. The van der Waals surface area contributed by atoms with E-state index >= 15 is 0 Å². The lowest BCUT2D eigenvalue weighted by atomic mass is 9.89. The smallest absolute Gasteiger partial charge is 0.239 e. The van der Waals surface area contributed by atoms with Gasteiger partial charge in [-0.05, 0) is 32.1 Å². The number of amides is 1. The number of hydrogen-bond donors (Lipinski definition) is 1. The lowest BCUT2D eigenvalue weighted by Gasteiger charge is -2.34. The predicted octanol–water partition coefficient (Wildman–Crippen LogP) is 1.26. The van der Waals surface area contributed by atoms with Gasteiger partial charge in [0.25, 0.3) is 0 Å². The van der Waals surface area contributed by atoms with Gasteiger partial charge in [0, 0.05) is 32.2 Å². The van der Waals surface area contributed by atoms with Crippen molar-refractivity contribution in [1.29, 1.82) is 0 Å². The fraction of sp³-hybridized carbons (Fsp3) is 0.929. The highest BCUT2D eigenvalue weighted by atomic mass is 16.5. The van der Waals surface area contributed by atoms with Crippen molar-refractivity contribution in [2.45, 2.75) is 45.2 Å². The van der Waals surface area contributed by atoms with Crippen molar-refractivity contribution in [2.75, 3.05) is 26.8 Å². The van der Waals surface area contributed by atoms with Crippen LogP contribution in [0.25, 0.3) is 0 Å². The van der Waals surface area contributed by atoms with E-state index in [1.54, 1.807) is 7.11 Å². The van der Waals surface area contributed by atoms with Gasteiger partial charge >= 0.3 is 0 Å². The summed E-state index contributed by atoms with van der Waals surface area (Å²) < 4.78 is 5.18. The molecule has 2 rings (SSSR count). The standard InChI is InChI=1S/C14H26N2O2/c1-10-6-11(2)15-13(7-10)14(17)16-5-4-12(8-16)9-18-3/h10-13,15H,4-9H2,1-3H3. The molecular weight excluding hydrogens is 228 g/mol. The molecule has 0 aromatic carbocycles. The van der Waals surface area contributed by atoms with Crippen molar-refractivity contribution >= 4 is 5.91 Å². The van der Waals surface area contributed by atoms with Crippen LogP contribution in [0.2, 0.25) is 0 Å². The molecule has 18 heavy (non-hydrogen) atoms. The van der Waals surface area contributed by atoms with Gasteiger partial charge in [-0.15, -0.1) is 0 Å². The SMILES string of the molecule is COCC1CCN(C(=O)C2CC(C)CC(C)N2)C1. The van der Waals surface area contributed by atoms with Gasteiger partial charge in [0.1, 0.15) is 0 Å². The fourth-order valence-corrected chi connectivity index (χ4v) is 3.38. The number of rotatable bonds is 3. The van der Waals surface area contributed by atoms with Crippen LogP contribution in [0.5, 0.6) is 0 Å². The minimum absolute atomic E-state index is 0.0324. The Bertz CT molecular complexity index is 286. The monoisotopic (exact) mass is 254 g/mol. The Morgan fingerprint density at radius 2 is 2.17 bits per heavy atom. The third-order valence-electron chi connectivity index (χ3n) is 4.18. The summed E-state index contributed by atoms with van der Waals surface area (Å²) in [4.78, 5) is 14.5. The zero-order chi connectivity index (χ0) is 13.1. The van der Waals surface area contributed by atoms with Gasteiger partial charge < -0.3 is 15.0 Å². The summed E-state index contributed by atoms with van der Waals surface area (Å²) in [6.07, 6.45) is 3.24. The average molecular weight is 254 g/mol. The molecule has 0 bridgehead atoms. The molecule has 0 aromatic heterocycles. The molecule has 2 saturated heterocycles. The van der Waals surface area contributed by atoms with E-state index in [0.717, 1.165) is 32.5 Å². The second-order valence-electron chi connectivity index (χ2n) is 6.09. The molecule has 0 saturated carbocycles. The Morgan fingerprint density at radius 3 is 2.83 bits per heavy atom. The molecule has 1 amide bonds. The number of methoxy groups -OCH3 is 1. The van der Waals surface area contributed by atoms with Crippen LogP contribution in [0.15, 0.2) is 0 Å². The molecule has 2 heterocycles. The first-order valence-corrected chi connectivity index (χ1v) is 7.14. The van der Waals surface area contributed by atoms with Crippen molar-refractivity contribution in [1.82, 2.24) is 10.2 Å². The fourth-order valence-electron chi connectivity index (χ4n) is 3.38. The highest BCUT2D eigenvalue weighted by Gasteiger charge is 2.34. The van der Waals surface area contributed by atoms with Gasteiger partial charge in [0.05, 0.1) is 12.6 Å². The molecule has 2 aliphatic heterocycles. The summed E-state index contributed by atoms with van der Waals surface area (Å²) in [5.74, 6) is 1.47. The molecule has 2 fully saturated rings. The van der Waals surface area contributed by atoms with Gasteiger partial charge in [-0.2, -0.15) is 0 Å². The van der Waals surface area contributed by atoms with Crippen molar-refractivity contribution in [3.05, 3.63) is 0 Å². The molecular formula is C14H26N2O2. The first-order valence-electron chi connectivity index (χ1n) is 7.14. The number of ether oxygens (including phenoxy) is 1. The van der Waals surface area contributed by atoms with Crippen molar-refractivity contribution < 1.29 is 9.53 Å². The Labute approximate surface area is 110 Å². The molecule has 0 aromatic rings. The Balaban J connectivity index is 1.87. The molecule has 4 nitrogen and oxygen atoms in total. The lowest BCUT2D eigenvalue weighted by Crippen LogP contribution is -2.52. The van der Waals surface area contributed by atoms with E-state index < -0.39 is 0 Å². The predicted molar refractivity (Wildman–Crippen MR) is 71.3 cm³/mol. The Kier molecular flexibility index (Phi) is 4.62. The van der Waals surface area contributed by atoms with Crippen LogP contribution < -0.4 is 5.32 Å². The van der Waals surface area contributed by atoms with Crippen LogP contribution in [0.4, 0.5) is 0 Å². The maximum absolute atomic E-state index is 12.5. The second kappa shape index (κ2) is 6.02. The molecule has 0 radical (unpaired) electrons. The summed E-state index contributed by atoms with van der Waals surface area (Å²) in [6.45, 7) is 6.96. The summed E-state index contributed by atoms with van der Waals surface area (Å²) >= 11 is 0. The van der Waals surface area contributed by atoms with Crippen LogP contribution in [-0.2, 0) is 9.53 Å². The molecule has 104 valence electrons. The summed E-state index contributed by atoms with van der Waals surface area (Å²) in [6, 6.07) is 0.491. The highest BCUT2D eigenvalue weighted by Crippen LogP contribution is 2.23. The molecule has 0 spiro atoms. The van der Waals surface area contributed by atoms with Gasteiger partial charge in [-0.1, -0.05) is 6.92 Å². The van der Waals surface area contributed by atoms with E-state index in [9.17, 15) is 4.79 Å². The van der Waals surface area contributed by atoms with Gasteiger partial charge in [-0.3, -0.25) is 4.79 Å². The second-order valence-corrected chi connectivity index (χ2v) is 6.09. The lowest BCUT2D eigenvalue weighted by molar-refractivity contribution is -0.133. The first kappa shape index (κ1) is 13.8. The normalized spacial score (nSPS) is 36.9. The van der Waals surface area contributed by atoms with Crippen molar-refractivity contribution in [2.24, 2.45) is 11.8 Å². The van der Waals surface area contributed by atoms with E-state index in [1.165, 1.54) is 6.42 Å². The number of carbonyl (C=O) groups excluding carboxylic acids is 1. The number of nitrogens with one attached hydrogen (secondary N) is 1. The zero-order valence-electron chi connectivity index (χ0n) is 11.8. The molecule has 0 aliphatic carbocycles. The quantitative estimate of drug-likeness (QED) is 0.824. The number of nitrogens with zero attached hydrogens (tertiary/aromatic N) is 1. The molecule has 1 N–H and O–H groups in total. The molecule has 4 atom stereocenters. The number of piperidine rings is 1. The molecule has 4 heteroatoms. The highest BCUT2D eigenvalue weighted by molar-refractivity contribution is 5.82. The van der Waals surface area contributed by atoms with Crippen LogP contribution in [0.1, 0.15) is 33.1 Å². The number of likely N-dealkylation sites (tertiary alicyclic amines) is 1. The maximum atomic E-state index is 12.5. The van der Waals surface area contributed by atoms with Gasteiger partial charge in [0.15, 0.2) is 0 Å². The van der Waals surface area contributed by atoms with Crippen molar-refractivity contribution in [3.8, 4) is 0 Å². The first-order chi connectivity index (χ1) is 8.60. The van der Waals surface area contributed by atoms with Crippen molar-refractivity contribution in [3.63, 3.8) is 0 Å². The van der Waals surface area contributed by atoms with Crippen LogP contribution in [-0.4, -0.2) is 49.7 Å². The van der Waals surface area contributed by atoms with E-state index in [1.807, 2.05) is 4.90 Å². The van der Waals surface area contributed by atoms with E-state index in [-0.39, 0.29) is 6.04 Å². The third kappa shape index (κ3) is 3.23. The van der Waals surface area contributed by atoms with Gasteiger partial charge in [-0.25, -0.2) is 0 Å². The topological polar surface area (TPSA) is 41.6 Å².